The fourth-order valence-electron chi connectivity index (χ4n) is 4.07. The Morgan fingerprint density at radius 2 is 2.12 bits per heavy atom. The third-order valence-electron chi connectivity index (χ3n) is 5.74. The van der Waals surface area contributed by atoms with Gasteiger partial charge in [0.1, 0.15) is 5.82 Å². The Kier molecular flexibility index (Phi) is 4.79. The van der Waals surface area contributed by atoms with Crippen molar-refractivity contribution < 1.29 is 9.18 Å². The second kappa shape index (κ2) is 7.22. The molecule has 4 rings (SSSR count). The predicted octanol–water partition coefficient (Wildman–Crippen LogP) is 4.22. The summed E-state index contributed by atoms with van der Waals surface area (Å²) in [5.74, 6) is 0.887. The Bertz CT molecular complexity index is 796. The quantitative estimate of drug-likeness (QED) is 0.873. The number of amides is 1. The SMILES string of the molecule is Cc1[nH]nc(C2CC2)c1C(=O)N1CCC[C@@H](CCc2ccccc2F)C1. The summed E-state index contributed by atoms with van der Waals surface area (Å²) in [6, 6.07) is 6.99. The van der Waals surface area contributed by atoms with Gasteiger partial charge in [0.05, 0.1) is 11.3 Å². The number of aromatic nitrogens is 2. The fraction of sp³-hybridized carbons (Fsp3) is 0.524. The van der Waals surface area contributed by atoms with Crippen LogP contribution in [0.5, 0.6) is 0 Å². The second-order valence-electron chi connectivity index (χ2n) is 7.77. The summed E-state index contributed by atoms with van der Waals surface area (Å²) < 4.78 is 13.8. The number of halogens is 1. The van der Waals surface area contributed by atoms with Crippen molar-refractivity contribution in [1.29, 1.82) is 0 Å². The van der Waals surface area contributed by atoms with E-state index in [1.165, 1.54) is 6.07 Å². The van der Waals surface area contributed by atoms with E-state index in [1.54, 1.807) is 6.07 Å². The van der Waals surface area contributed by atoms with E-state index < -0.39 is 0 Å². The molecule has 1 atom stereocenters. The van der Waals surface area contributed by atoms with Gasteiger partial charge in [0, 0.05) is 24.7 Å². The van der Waals surface area contributed by atoms with E-state index in [-0.39, 0.29) is 11.7 Å². The first-order valence-corrected chi connectivity index (χ1v) is 9.71. The normalized spacial score (nSPS) is 20.4. The van der Waals surface area contributed by atoms with Crippen LogP contribution in [-0.2, 0) is 6.42 Å². The van der Waals surface area contributed by atoms with E-state index in [0.29, 0.717) is 11.8 Å². The minimum absolute atomic E-state index is 0.119. The van der Waals surface area contributed by atoms with Gasteiger partial charge in [-0.2, -0.15) is 5.10 Å². The number of likely N-dealkylation sites (tertiary alicyclic amines) is 1. The first-order valence-electron chi connectivity index (χ1n) is 9.71. The summed E-state index contributed by atoms with van der Waals surface area (Å²) in [4.78, 5) is 15.1. The second-order valence-corrected chi connectivity index (χ2v) is 7.77. The zero-order valence-corrected chi connectivity index (χ0v) is 15.3. The van der Waals surface area contributed by atoms with Gasteiger partial charge in [0.15, 0.2) is 0 Å². The Balaban J connectivity index is 1.41. The maximum absolute atomic E-state index is 13.8. The lowest BCUT2D eigenvalue weighted by atomic mass is 9.91. The van der Waals surface area contributed by atoms with E-state index in [1.807, 2.05) is 24.0 Å². The summed E-state index contributed by atoms with van der Waals surface area (Å²) in [6.45, 7) is 3.51. The number of piperidine rings is 1. The lowest BCUT2D eigenvalue weighted by Gasteiger charge is -2.33. The highest BCUT2D eigenvalue weighted by Crippen LogP contribution is 2.41. The molecule has 26 heavy (non-hydrogen) atoms. The van der Waals surface area contributed by atoms with E-state index in [4.69, 9.17) is 0 Å². The number of aryl methyl sites for hydroxylation is 2. The Morgan fingerprint density at radius 3 is 2.88 bits per heavy atom. The number of hydrogen-bond acceptors (Lipinski definition) is 2. The monoisotopic (exact) mass is 355 g/mol. The Labute approximate surface area is 153 Å². The van der Waals surface area contributed by atoms with Crippen molar-refractivity contribution in [1.82, 2.24) is 15.1 Å². The molecule has 4 nitrogen and oxygen atoms in total. The molecular weight excluding hydrogens is 329 g/mol. The first-order chi connectivity index (χ1) is 12.6. The van der Waals surface area contributed by atoms with Crippen LogP contribution in [0.1, 0.15) is 65.3 Å². The molecule has 138 valence electrons. The number of rotatable bonds is 5. The molecule has 1 aromatic heterocycles. The van der Waals surface area contributed by atoms with E-state index in [9.17, 15) is 9.18 Å². The largest absolute Gasteiger partial charge is 0.338 e. The lowest BCUT2D eigenvalue weighted by Crippen LogP contribution is -2.40. The number of hydrogen-bond donors (Lipinski definition) is 1. The third kappa shape index (κ3) is 3.53. The van der Waals surface area contributed by atoms with Crippen molar-refractivity contribution in [3.63, 3.8) is 0 Å². The molecule has 0 radical (unpaired) electrons. The van der Waals surface area contributed by atoms with Crippen molar-refractivity contribution in [2.45, 2.75) is 51.4 Å². The Hall–Kier alpha value is -2.17. The standard InChI is InChI=1S/C21H26FN3O/c1-14-19(20(24-23-14)17-10-11-17)21(26)25-12-4-5-15(13-25)8-9-16-6-2-3-7-18(16)22/h2-3,6-7,15,17H,4-5,8-13H2,1H3,(H,23,24)/t15-/m0/s1. The molecule has 1 amide bonds. The van der Waals surface area contributed by atoms with Gasteiger partial charge < -0.3 is 4.90 Å². The van der Waals surface area contributed by atoms with Gasteiger partial charge in [-0.3, -0.25) is 9.89 Å². The summed E-state index contributed by atoms with van der Waals surface area (Å²) >= 11 is 0. The highest BCUT2D eigenvalue weighted by atomic mass is 19.1. The molecule has 1 saturated carbocycles. The van der Waals surface area contributed by atoms with E-state index in [0.717, 1.165) is 74.1 Å². The number of aromatic amines is 1. The number of nitrogens with one attached hydrogen (secondary N) is 1. The van der Waals surface area contributed by atoms with Gasteiger partial charge in [-0.15, -0.1) is 0 Å². The van der Waals surface area contributed by atoms with Crippen LogP contribution >= 0.6 is 0 Å². The van der Waals surface area contributed by atoms with Crippen molar-refractivity contribution in [3.8, 4) is 0 Å². The highest BCUT2D eigenvalue weighted by molar-refractivity contribution is 5.96. The van der Waals surface area contributed by atoms with Crippen molar-refractivity contribution in [3.05, 3.63) is 52.6 Å². The number of carbonyl (C=O) groups excluding carboxylic acids is 1. The molecule has 0 spiro atoms. The molecule has 1 aliphatic carbocycles. The van der Waals surface area contributed by atoms with Crippen LogP contribution in [0.2, 0.25) is 0 Å². The molecular formula is C21H26FN3O. The maximum Gasteiger partial charge on any atom is 0.257 e. The number of carbonyl (C=O) groups is 1. The van der Waals surface area contributed by atoms with Crippen LogP contribution in [0, 0.1) is 18.7 Å². The number of benzene rings is 1. The van der Waals surface area contributed by atoms with Gasteiger partial charge in [0.25, 0.3) is 5.91 Å². The molecule has 1 aromatic carbocycles. The smallest absolute Gasteiger partial charge is 0.257 e. The average Bonchev–Trinajstić information content (AvgIpc) is 3.43. The van der Waals surface area contributed by atoms with Crippen molar-refractivity contribution >= 4 is 5.91 Å². The summed E-state index contributed by atoms with van der Waals surface area (Å²) in [7, 11) is 0. The topological polar surface area (TPSA) is 49.0 Å². The van der Waals surface area contributed by atoms with Gasteiger partial charge in [-0.1, -0.05) is 18.2 Å². The third-order valence-corrected chi connectivity index (χ3v) is 5.74. The Morgan fingerprint density at radius 1 is 1.31 bits per heavy atom. The van der Waals surface area contributed by atoms with Crippen molar-refractivity contribution in [2.24, 2.45) is 5.92 Å². The van der Waals surface area contributed by atoms with Crippen LogP contribution in [0.25, 0.3) is 0 Å². The zero-order chi connectivity index (χ0) is 18.1. The molecule has 2 fully saturated rings. The van der Waals surface area contributed by atoms with Crippen LogP contribution in [0.15, 0.2) is 24.3 Å². The molecule has 2 aromatic rings. The zero-order valence-electron chi connectivity index (χ0n) is 15.3. The lowest BCUT2D eigenvalue weighted by molar-refractivity contribution is 0.0666. The predicted molar refractivity (Wildman–Crippen MR) is 98.6 cm³/mol. The molecule has 2 heterocycles. The van der Waals surface area contributed by atoms with Crippen LogP contribution < -0.4 is 0 Å². The molecule has 1 N–H and O–H groups in total. The van der Waals surface area contributed by atoms with Gasteiger partial charge in [0.2, 0.25) is 0 Å². The minimum Gasteiger partial charge on any atom is -0.338 e. The van der Waals surface area contributed by atoms with Crippen molar-refractivity contribution in [2.75, 3.05) is 13.1 Å². The minimum atomic E-state index is -0.126. The first kappa shape index (κ1) is 17.3. The maximum atomic E-state index is 13.8. The molecule has 2 aliphatic rings. The number of H-pyrrole nitrogens is 1. The van der Waals surface area contributed by atoms with Gasteiger partial charge in [-0.25, -0.2) is 4.39 Å². The van der Waals surface area contributed by atoms with Crippen LogP contribution in [0.3, 0.4) is 0 Å². The average molecular weight is 355 g/mol. The molecule has 1 aliphatic heterocycles. The summed E-state index contributed by atoms with van der Waals surface area (Å²) in [5, 5.41) is 7.39. The highest BCUT2D eigenvalue weighted by Gasteiger charge is 2.34. The van der Waals surface area contributed by atoms with E-state index in [2.05, 4.69) is 10.2 Å². The van der Waals surface area contributed by atoms with Gasteiger partial charge >= 0.3 is 0 Å². The van der Waals surface area contributed by atoms with Gasteiger partial charge in [-0.05, 0) is 63.0 Å². The number of nitrogens with zero attached hydrogens (tertiary/aromatic N) is 2. The molecule has 0 unspecified atom stereocenters. The molecule has 1 saturated heterocycles. The fourth-order valence-corrected chi connectivity index (χ4v) is 4.07. The van der Waals surface area contributed by atoms with Crippen LogP contribution in [-0.4, -0.2) is 34.1 Å². The van der Waals surface area contributed by atoms with E-state index >= 15 is 0 Å². The molecule has 5 heteroatoms. The summed E-state index contributed by atoms with van der Waals surface area (Å²) in [5.41, 5.74) is 3.41. The summed E-state index contributed by atoms with van der Waals surface area (Å²) in [6.07, 6.45) is 6.05. The van der Waals surface area contributed by atoms with Crippen LogP contribution in [0.4, 0.5) is 4.39 Å². The molecule has 0 bridgehead atoms.